The van der Waals surface area contributed by atoms with Crippen molar-refractivity contribution in [2.45, 2.75) is 29.6 Å². The number of benzene rings is 2. The molecule has 1 aliphatic rings. The maximum atomic E-state index is 12.9. The molecule has 0 bridgehead atoms. The Morgan fingerprint density at radius 3 is 2.28 bits per heavy atom. The van der Waals surface area contributed by atoms with Crippen LogP contribution in [0.1, 0.15) is 18.4 Å². The molecule has 0 saturated carbocycles. The topological polar surface area (TPSA) is 114 Å². The largest absolute Gasteiger partial charge is 0.302 e. The summed E-state index contributed by atoms with van der Waals surface area (Å²) >= 11 is 1.42. The van der Waals surface area contributed by atoms with Crippen LogP contribution in [0.25, 0.3) is 10.2 Å². The number of sulfone groups is 1. The van der Waals surface area contributed by atoms with Gasteiger partial charge in [0.15, 0.2) is 15.0 Å². The Labute approximate surface area is 191 Å². The van der Waals surface area contributed by atoms with Gasteiger partial charge in [-0.15, -0.1) is 0 Å². The van der Waals surface area contributed by atoms with E-state index >= 15 is 0 Å². The average Bonchev–Trinajstić information content (AvgIpc) is 3.14. The van der Waals surface area contributed by atoms with Gasteiger partial charge in [-0.3, -0.25) is 4.79 Å². The Morgan fingerprint density at radius 1 is 1.03 bits per heavy atom. The fourth-order valence-corrected chi connectivity index (χ4v) is 6.73. The highest BCUT2D eigenvalue weighted by molar-refractivity contribution is 7.90. The van der Waals surface area contributed by atoms with Gasteiger partial charge < -0.3 is 5.32 Å². The minimum absolute atomic E-state index is 0.0394. The number of rotatable bonds is 5. The van der Waals surface area contributed by atoms with Crippen molar-refractivity contribution in [2.75, 3.05) is 24.7 Å². The second-order valence-electron chi connectivity index (χ2n) is 7.90. The van der Waals surface area contributed by atoms with E-state index in [4.69, 9.17) is 0 Å². The first-order chi connectivity index (χ1) is 15.0. The number of carbonyl (C=O) groups is 1. The van der Waals surface area contributed by atoms with Crippen molar-refractivity contribution in [3.05, 3.63) is 48.0 Å². The van der Waals surface area contributed by atoms with Crippen molar-refractivity contribution < 1.29 is 21.6 Å². The van der Waals surface area contributed by atoms with Crippen LogP contribution in [0.5, 0.6) is 0 Å². The van der Waals surface area contributed by atoms with Crippen LogP contribution in [0, 0.1) is 12.8 Å². The Bertz CT molecular complexity index is 1370. The molecule has 3 aromatic rings. The van der Waals surface area contributed by atoms with E-state index in [2.05, 4.69) is 10.3 Å². The summed E-state index contributed by atoms with van der Waals surface area (Å²) in [6.45, 7) is 2.43. The van der Waals surface area contributed by atoms with E-state index in [0.29, 0.717) is 18.0 Å². The lowest BCUT2D eigenvalue weighted by atomic mass is 9.97. The highest BCUT2D eigenvalue weighted by atomic mass is 32.2. The maximum absolute atomic E-state index is 12.9. The smallest absolute Gasteiger partial charge is 0.243 e. The normalized spacial score (nSPS) is 16.3. The Kier molecular flexibility index (Phi) is 6.10. The van der Waals surface area contributed by atoms with E-state index in [1.165, 1.54) is 39.9 Å². The minimum atomic E-state index is -3.76. The number of sulfonamides is 1. The Hall–Kier alpha value is -2.34. The summed E-state index contributed by atoms with van der Waals surface area (Å²) in [5, 5.41) is 3.41. The monoisotopic (exact) mass is 493 g/mol. The van der Waals surface area contributed by atoms with Crippen LogP contribution in [0.3, 0.4) is 0 Å². The lowest BCUT2D eigenvalue weighted by Crippen LogP contribution is -2.41. The number of anilines is 1. The highest BCUT2D eigenvalue weighted by Gasteiger charge is 2.32. The lowest BCUT2D eigenvalue weighted by molar-refractivity contribution is -0.120. The molecule has 0 spiro atoms. The third-order valence-corrected chi connectivity index (χ3v) is 9.46. The van der Waals surface area contributed by atoms with Crippen LogP contribution in [0.2, 0.25) is 0 Å². The van der Waals surface area contributed by atoms with Gasteiger partial charge in [0.2, 0.25) is 15.9 Å². The van der Waals surface area contributed by atoms with Crippen molar-refractivity contribution in [2.24, 2.45) is 5.92 Å². The quantitative estimate of drug-likeness (QED) is 0.584. The molecule has 8 nitrogen and oxygen atoms in total. The van der Waals surface area contributed by atoms with Gasteiger partial charge in [-0.1, -0.05) is 17.4 Å². The molecule has 2 heterocycles. The molecule has 0 atom stereocenters. The van der Waals surface area contributed by atoms with E-state index in [-0.39, 0.29) is 34.7 Å². The molecule has 1 N–H and O–H groups in total. The van der Waals surface area contributed by atoms with E-state index in [1.807, 2.05) is 25.1 Å². The fraction of sp³-hybridized carbons (Fsp3) is 0.333. The minimum Gasteiger partial charge on any atom is -0.302 e. The summed E-state index contributed by atoms with van der Waals surface area (Å²) in [4.78, 5) is 17.2. The first-order valence-corrected chi connectivity index (χ1v) is 14.2. The van der Waals surface area contributed by atoms with Crippen LogP contribution in [-0.2, 0) is 24.7 Å². The van der Waals surface area contributed by atoms with Crippen molar-refractivity contribution >= 4 is 52.5 Å². The van der Waals surface area contributed by atoms with Crippen molar-refractivity contribution in [1.29, 1.82) is 0 Å². The molecule has 32 heavy (non-hydrogen) atoms. The number of amides is 1. The fourth-order valence-electron chi connectivity index (χ4n) is 3.66. The number of nitrogens with zero attached hydrogens (tertiary/aromatic N) is 2. The number of aryl methyl sites for hydroxylation is 1. The third-order valence-electron chi connectivity index (χ3n) is 5.49. The number of thiazole rings is 1. The van der Waals surface area contributed by atoms with Crippen LogP contribution < -0.4 is 5.32 Å². The molecule has 1 saturated heterocycles. The third kappa shape index (κ3) is 4.70. The van der Waals surface area contributed by atoms with Gasteiger partial charge >= 0.3 is 0 Å². The molecule has 170 valence electrons. The number of piperidine rings is 1. The molecule has 1 fully saturated rings. The van der Waals surface area contributed by atoms with Crippen LogP contribution in [0.4, 0.5) is 5.13 Å². The summed E-state index contributed by atoms with van der Waals surface area (Å²) < 4.78 is 51.3. The number of aromatic nitrogens is 1. The molecule has 11 heteroatoms. The molecule has 4 rings (SSSR count). The molecule has 0 aliphatic carbocycles. The second-order valence-corrected chi connectivity index (χ2v) is 12.9. The number of hydrogen-bond donors (Lipinski definition) is 1. The molecule has 1 aliphatic heterocycles. The van der Waals surface area contributed by atoms with Crippen LogP contribution in [-0.4, -0.2) is 51.4 Å². The number of nitrogens with one attached hydrogen (secondary N) is 1. The van der Waals surface area contributed by atoms with E-state index in [1.54, 1.807) is 0 Å². The van der Waals surface area contributed by atoms with Crippen molar-refractivity contribution in [3.63, 3.8) is 0 Å². The summed E-state index contributed by atoms with van der Waals surface area (Å²) in [5.74, 6) is -0.460. The molecular formula is C21H23N3O5S3. The number of carbonyl (C=O) groups excluding carboxylic acids is 1. The summed E-state index contributed by atoms with van der Waals surface area (Å²) in [7, 11) is -7.16. The maximum Gasteiger partial charge on any atom is 0.243 e. The molecular weight excluding hydrogens is 470 g/mol. The zero-order chi connectivity index (χ0) is 23.1. The van der Waals surface area contributed by atoms with Gasteiger partial charge in [-0.05, 0) is 61.7 Å². The molecule has 0 radical (unpaired) electrons. The van der Waals surface area contributed by atoms with E-state index in [9.17, 15) is 21.6 Å². The van der Waals surface area contributed by atoms with Gasteiger partial charge in [0, 0.05) is 25.3 Å². The number of fused-ring (bicyclic) bond motifs is 1. The molecule has 0 unspecified atom stereocenters. The summed E-state index contributed by atoms with van der Waals surface area (Å²) in [6.07, 6.45) is 1.87. The van der Waals surface area contributed by atoms with Gasteiger partial charge in [0.1, 0.15) is 0 Å². The van der Waals surface area contributed by atoms with Gasteiger partial charge in [-0.2, -0.15) is 4.31 Å². The van der Waals surface area contributed by atoms with Gasteiger partial charge in [-0.25, -0.2) is 21.8 Å². The molecule has 1 aromatic heterocycles. The average molecular weight is 494 g/mol. The highest BCUT2D eigenvalue weighted by Crippen LogP contribution is 2.29. The second kappa shape index (κ2) is 8.54. The Morgan fingerprint density at radius 2 is 1.66 bits per heavy atom. The lowest BCUT2D eigenvalue weighted by Gasteiger charge is -2.30. The standard InChI is InChI=1S/C21H23N3O5S3/c1-14-3-8-18-19(13-14)30-21(22-18)23-20(25)15-9-11-24(12-10-15)32(28,29)17-6-4-16(5-7-17)31(2,26)27/h3-8,13,15H,9-12H2,1-2H3,(H,22,23,25). The van der Waals surface area contributed by atoms with Crippen LogP contribution >= 0.6 is 11.3 Å². The molecule has 1 amide bonds. The zero-order valence-electron chi connectivity index (χ0n) is 17.6. The first kappa shape index (κ1) is 22.8. The van der Waals surface area contributed by atoms with Crippen molar-refractivity contribution in [1.82, 2.24) is 9.29 Å². The van der Waals surface area contributed by atoms with E-state index in [0.717, 1.165) is 22.0 Å². The number of hydrogen-bond acceptors (Lipinski definition) is 7. The Balaban J connectivity index is 1.39. The zero-order valence-corrected chi connectivity index (χ0v) is 20.1. The van der Waals surface area contributed by atoms with Crippen LogP contribution in [0.15, 0.2) is 52.3 Å². The van der Waals surface area contributed by atoms with Gasteiger partial charge in [0.05, 0.1) is 20.0 Å². The summed E-state index contributed by atoms with van der Waals surface area (Å²) in [5.41, 5.74) is 1.96. The first-order valence-electron chi connectivity index (χ1n) is 10.0. The van der Waals surface area contributed by atoms with Gasteiger partial charge in [0.25, 0.3) is 0 Å². The van der Waals surface area contributed by atoms with E-state index < -0.39 is 19.9 Å². The molecule has 2 aromatic carbocycles. The summed E-state index contributed by atoms with van der Waals surface area (Å²) in [6, 6.07) is 11.1. The predicted octanol–water partition coefficient (Wildman–Crippen LogP) is 3.05. The predicted molar refractivity (Wildman–Crippen MR) is 124 cm³/mol. The SMILES string of the molecule is Cc1ccc2nc(NC(=O)C3CCN(S(=O)(=O)c4ccc(S(C)(=O)=O)cc4)CC3)sc2c1. The van der Waals surface area contributed by atoms with Crippen molar-refractivity contribution in [3.8, 4) is 0 Å².